The van der Waals surface area contributed by atoms with Crippen LogP contribution in [0.2, 0.25) is 0 Å². The Kier molecular flexibility index (Phi) is 8.42. The van der Waals surface area contributed by atoms with Gasteiger partial charge in [-0.25, -0.2) is 4.79 Å². The molecule has 1 aromatic rings. The van der Waals surface area contributed by atoms with Gasteiger partial charge >= 0.3 is 12.1 Å². The minimum Gasteiger partial charge on any atom is -0.475 e. The van der Waals surface area contributed by atoms with Crippen molar-refractivity contribution in [1.82, 2.24) is 9.80 Å². The molecule has 0 aliphatic carbocycles. The molecule has 1 amide bonds. The summed E-state index contributed by atoms with van der Waals surface area (Å²) in [6, 6.07) is 9.45. The molecule has 2 aliphatic rings. The van der Waals surface area contributed by atoms with Crippen molar-refractivity contribution in [1.29, 1.82) is 5.26 Å². The quantitative estimate of drug-likeness (QED) is 0.772. The first kappa shape index (κ1) is 24.6. The minimum absolute atomic E-state index is 0.0506. The highest BCUT2D eigenvalue weighted by Gasteiger charge is 2.47. The van der Waals surface area contributed by atoms with Crippen LogP contribution in [-0.4, -0.2) is 77.4 Å². The lowest BCUT2D eigenvalue weighted by atomic mass is 9.99. The number of nitriles is 1. The van der Waals surface area contributed by atoms with Crippen molar-refractivity contribution in [3.05, 3.63) is 35.4 Å². The molecule has 0 radical (unpaired) electrons. The molecule has 0 saturated carbocycles. The number of alkyl halides is 3. The fourth-order valence-electron chi connectivity index (χ4n) is 4.03. The van der Waals surface area contributed by atoms with E-state index in [9.17, 15) is 18.0 Å². The number of hydrogen-bond donors (Lipinski definition) is 1. The Morgan fingerprint density at radius 2 is 1.84 bits per heavy atom. The van der Waals surface area contributed by atoms with Crippen molar-refractivity contribution >= 4 is 11.9 Å². The van der Waals surface area contributed by atoms with Crippen LogP contribution in [-0.2, 0) is 9.53 Å². The number of likely N-dealkylation sites (N-methyl/N-ethyl adjacent to an activating group) is 1. The normalized spacial score (nSPS) is 22.9. The zero-order chi connectivity index (χ0) is 23.2. The van der Waals surface area contributed by atoms with Gasteiger partial charge in [0.25, 0.3) is 5.91 Å². The number of carboxylic acids is 1. The Labute approximate surface area is 179 Å². The first-order valence-electron chi connectivity index (χ1n) is 10.1. The predicted molar refractivity (Wildman–Crippen MR) is 105 cm³/mol. The van der Waals surface area contributed by atoms with E-state index in [1.165, 1.54) is 0 Å². The van der Waals surface area contributed by atoms with Crippen LogP contribution in [0.25, 0.3) is 0 Å². The Morgan fingerprint density at radius 3 is 2.32 bits per heavy atom. The summed E-state index contributed by atoms with van der Waals surface area (Å²) in [6.07, 6.45) is -2.96. The zero-order valence-corrected chi connectivity index (χ0v) is 17.4. The molecule has 0 bridgehead atoms. The highest BCUT2D eigenvalue weighted by molar-refractivity contribution is 5.94. The fraction of sp³-hybridized carbons (Fsp3) is 0.571. The van der Waals surface area contributed by atoms with Crippen molar-refractivity contribution in [3.8, 4) is 6.07 Å². The van der Waals surface area contributed by atoms with E-state index < -0.39 is 12.1 Å². The molecule has 10 heteroatoms. The highest BCUT2D eigenvalue weighted by atomic mass is 19.4. The van der Waals surface area contributed by atoms with E-state index in [4.69, 9.17) is 19.9 Å². The second kappa shape index (κ2) is 10.6. The maximum Gasteiger partial charge on any atom is 0.490 e. The van der Waals surface area contributed by atoms with Crippen LogP contribution < -0.4 is 0 Å². The molecule has 3 rings (SSSR count). The average Bonchev–Trinajstić information content (AvgIpc) is 3.14. The van der Waals surface area contributed by atoms with Crippen molar-refractivity contribution in [3.63, 3.8) is 0 Å². The summed E-state index contributed by atoms with van der Waals surface area (Å²) >= 11 is 0. The van der Waals surface area contributed by atoms with E-state index in [0.29, 0.717) is 11.1 Å². The minimum atomic E-state index is -5.08. The van der Waals surface area contributed by atoms with Crippen LogP contribution in [0.1, 0.15) is 42.6 Å². The molecule has 2 fully saturated rings. The van der Waals surface area contributed by atoms with Gasteiger partial charge in [-0.05, 0) is 50.2 Å². The molecule has 3 atom stereocenters. The van der Waals surface area contributed by atoms with Crippen molar-refractivity contribution < 1.29 is 32.6 Å². The average molecular weight is 441 g/mol. The third-order valence-electron chi connectivity index (χ3n) is 5.54. The van der Waals surface area contributed by atoms with Crippen LogP contribution in [0, 0.1) is 11.3 Å². The van der Waals surface area contributed by atoms with Crippen LogP contribution in [0.15, 0.2) is 24.3 Å². The van der Waals surface area contributed by atoms with Gasteiger partial charge < -0.3 is 14.7 Å². The van der Waals surface area contributed by atoms with Crippen molar-refractivity contribution in [2.75, 3.05) is 26.2 Å². The molecule has 2 aliphatic heterocycles. The predicted octanol–water partition coefficient (Wildman–Crippen LogP) is 2.91. The first-order valence-corrected chi connectivity index (χ1v) is 10.1. The summed E-state index contributed by atoms with van der Waals surface area (Å²) in [4.78, 5) is 26.3. The molecule has 0 unspecified atom stereocenters. The third kappa shape index (κ3) is 5.95. The summed E-state index contributed by atoms with van der Waals surface area (Å²) < 4.78 is 37.8. The number of carbonyl (C=O) groups excluding carboxylic acids is 1. The lowest BCUT2D eigenvalue weighted by Crippen LogP contribution is -2.47. The number of likely N-dealkylation sites (tertiary alicyclic amines) is 1. The Bertz CT molecular complexity index is 804. The molecule has 1 aromatic carbocycles. The molecular formula is C21H26F3N3O4. The largest absolute Gasteiger partial charge is 0.490 e. The van der Waals surface area contributed by atoms with Gasteiger partial charge in [-0.15, -0.1) is 0 Å². The van der Waals surface area contributed by atoms with Gasteiger partial charge in [-0.3, -0.25) is 9.69 Å². The lowest BCUT2D eigenvalue weighted by Gasteiger charge is -2.35. The summed E-state index contributed by atoms with van der Waals surface area (Å²) in [5.41, 5.74) is 1.23. The Morgan fingerprint density at radius 1 is 1.26 bits per heavy atom. The molecule has 31 heavy (non-hydrogen) atoms. The standard InChI is InChI=1S/C19H25N3O2.C2HF3O2/c1-3-21(4-2)17-13-22(16-6-5-11-24-18(16)17)19(23)15-9-7-14(12-20)8-10-15;3-2(4,5)1(6)7/h7-10,16-18H,3-6,11,13H2,1-2H3;(H,6,7)/t16-,17-,18+;/m1./s1. The number of amides is 1. The van der Waals surface area contributed by atoms with E-state index in [1.54, 1.807) is 24.3 Å². The van der Waals surface area contributed by atoms with Crippen LogP contribution in [0.5, 0.6) is 0 Å². The van der Waals surface area contributed by atoms with E-state index in [1.807, 2.05) is 4.90 Å². The molecule has 2 saturated heterocycles. The SMILES string of the molecule is CCN(CC)[C@@H]1CN(C(=O)c2ccc(C#N)cc2)[C@@H]2CCCO[C@H]12.O=C(O)C(F)(F)F. The number of aliphatic carboxylic acids is 1. The van der Waals surface area contributed by atoms with E-state index >= 15 is 0 Å². The number of nitrogens with zero attached hydrogens (tertiary/aromatic N) is 3. The lowest BCUT2D eigenvalue weighted by molar-refractivity contribution is -0.192. The number of fused-ring (bicyclic) bond motifs is 1. The molecule has 1 N–H and O–H groups in total. The second-order valence-electron chi connectivity index (χ2n) is 7.28. The van der Waals surface area contributed by atoms with Crippen LogP contribution in [0.3, 0.4) is 0 Å². The number of hydrogen-bond acceptors (Lipinski definition) is 5. The van der Waals surface area contributed by atoms with Gasteiger partial charge in [-0.2, -0.15) is 18.4 Å². The number of halogens is 3. The molecule has 170 valence electrons. The fourth-order valence-corrected chi connectivity index (χ4v) is 4.03. The van der Waals surface area contributed by atoms with Crippen LogP contribution >= 0.6 is 0 Å². The number of carbonyl (C=O) groups is 2. The van der Waals surface area contributed by atoms with Crippen molar-refractivity contribution in [2.45, 2.75) is 51.1 Å². The highest BCUT2D eigenvalue weighted by Crippen LogP contribution is 2.32. The van der Waals surface area contributed by atoms with E-state index in [2.05, 4.69) is 24.8 Å². The van der Waals surface area contributed by atoms with Gasteiger partial charge in [-0.1, -0.05) is 13.8 Å². The number of ether oxygens (including phenoxy) is 1. The zero-order valence-electron chi connectivity index (χ0n) is 17.4. The molecular weight excluding hydrogens is 415 g/mol. The van der Waals surface area contributed by atoms with E-state index in [0.717, 1.165) is 39.1 Å². The summed E-state index contributed by atoms with van der Waals surface area (Å²) in [5, 5.41) is 16.0. The Hall–Kier alpha value is -2.64. The number of carboxylic acid groups (broad SMARTS) is 1. The van der Waals surface area contributed by atoms with Gasteiger partial charge in [0.2, 0.25) is 0 Å². The van der Waals surface area contributed by atoms with Gasteiger partial charge in [0, 0.05) is 18.7 Å². The van der Waals surface area contributed by atoms with E-state index in [-0.39, 0.29) is 24.1 Å². The Balaban J connectivity index is 0.000000423. The van der Waals surface area contributed by atoms with Gasteiger partial charge in [0.15, 0.2) is 0 Å². The van der Waals surface area contributed by atoms with Gasteiger partial charge in [0.05, 0.1) is 29.8 Å². The summed E-state index contributed by atoms with van der Waals surface area (Å²) in [6.45, 7) is 7.76. The van der Waals surface area contributed by atoms with Gasteiger partial charge in [0.1, 0.15) is 0 Å². The van der Waals surface area contributed by atoms with Crippen molar-refractivity contribution in [2.24, 2.45) is 0 Å². The molecule has 7 nitrogen and oxygen atoms in total. The van der Waals surface area contributed by atoms with Crippen LogP contribution in [0.4, 0.5) is 13.2 Å². The monoisotopic (exact) mass is 441 g/mol. The number of benzene rings is 1. The smallest absolute Gasteiger partial charge is 0.475 e. The third-order valence-corrected chi connectivity index (χ3v) is 5.54. The molecule has 0 aromatic heterocycles. The maximum atomic E-state index is 13.0. The summed E-state index contributed by atoms with van der Waals surface area (Å²) in [7, 11) is 0. The molecule has 2 heterocycles. The topological polar surface area (TPSA) is 93.9 Å². The second-order valence-corrected chi connectivity index (χ2v) is 7.28. The first-order chi connectivity index (χ1) is 14.6. The molecule has 0 spiro atoms. The maximum absolute atomic E-state index is 13.0. The summed E-state index contributed by atoms with van der Waals surface area (Å²) in [5.74, 6) is -2.71. The number of rotatable bonds is 4.